The molecule has 0 aliphatic heterocycles. The molecular formula is C17H32N2O2. The van der Waals surface area contributed by atoms with E-state index in [1.807, 2.05) is 20.8 Å². The summed E-state index contributed by atoms with van der Waals surface area (Å²) in [6.07, 6.45) is 4.04. The van der Waals surface area contributed by atoms with Gasteiger partial charge in [-0.3, -0.25) is 9.59 Å². The lowest BCUT2D eigenvalue weighted by atomic mass is 9.85. The van der Waals surface area contributed by atoms with Gasteiger partial charge in [0.25, 0.3) is 0 Å². The summed E-state index contributed by atoms with van der Waals surface area (Å²) in [5.74, 6) is -0.0740. The molecule has 0 spiro atoms. The first-order valence-electron chi connectivity index (χ1n) is 7.87. The van der Waals surface area contributed by atoms with E-state index in [-0.39, 0.29) is 11.2 Å². The van der Waals surface area contributed by atoms with Crippen molar-refractivity contribution < 1.29 is 9.59 Å². The van der Waals surface area contributed by atoms with Gasteiger partial charge in [0, 0.05) is 19.0 Å². The summed E-state index contributed by atoms with van der Waals surface area (Å²) < 4.78 is 0. The van der Waals surface area contributed by atoms with Gasteiger partial charge in [0.15, 0.2) is 5.78 Å². The summed E-state index contributed by atoms with van der Waals surface area (Å²) in [4.78, 5) is 25.4. The van der Waals surface area contributed by atoms with Crippen LogP contribution < -0.4 is 5.32 Å². The number of nitrogens with zero attached hydrogens (tertiary/aromatic N) is 1. The Kier molecular flexibility index (Phi) is 9.18. The zero-order chi connectivity index (χ0) is 16.5. The fourth-order valence-corrected chi connectivity index (χ4v) is 2.23. The van der Waals surface area contributed by atoms with Gasteiger partial charge in [-0.2, -0.15) is 0 Å². The molecule has 0 aliphatic rings. The molecule has 0 unspecified atom stereocenters. The fraction of sp³-hybridized carbons (Fsp3) is 0.765. The first-order valence-corrected chi connectivity index (χ1v) is 7.87. The van der Waals surface area contributed by atoms with Crippen molar-refractivity contribution in [3.05, 3.63) is 11.3 Å². The number of allylic oxidation sites excluding steroid dienone is 2. The van der Waals surface area contributed by atoms with Gasteiger partial charge in [-0.15, -0.1) is 0 Å². The van der Waals surface area contributed by atoms with Crippen molar-refractivity contribution in [2.75, 3.05) is 26.7 Å². The number of unbranched alkanes of at least 4 members (excludes halogenated alkanes) is 1. The normalized spacial score (nSPS) is 13.1. The monoisotopic (exact) mass is 296 g/mol. The summed E-state index contributed by atoms with van der Waals surface area (Å²) in [5.41, 5.74) is 0.703. The van der Waals surface area contributed by atoms with E-state index in [4.69, 9.17) is 0 Å². The van der Waals surface area contributed by atoms with E-state index in [1.165, 1.54) is 13.3 Å². The van der Waals surface area contributed by atoms with Crippen LogP contribution in [0.15, 0.2) is 11.3 Å². The van der Waals surface area contributed by atoms with Crippen LogP contribution in [0.5, 0.6) is 0 Å². The number of nitrogens with one attached hydrogen (secondary N) is 1. The number of hydrogen-bond acceptors (Lipinski definition) is 4. The van der Waals surface area contributed by atoms with Gasteiger partial charge in [0.1, 0.15) is 6.29 Å². The lowest BCUT2D eigenvalue weighted by molar-refractivity contribution is -0.114. The first-order chi connectivity index (χ1) is 9.73. The molecule has 4 heteroatoms. The summed E-state index contributed by atoms with van der Waals surface area (Å²) in [7, 11) is 2.13. The molecule has 0 rings (SSSR count). The maximum atomic E-state index is 11.8. The van der Waals surface area contributed by atoms with Gasteiger partial charge in [0.05, 0.1) is 5.70 Å². The molecule has 21 heavy (non-hydrogen) atoms. The van der Waals surface area contributed by atoms with Gasteiger partial charge < -0.3 is 10.2 Å². The maximum Gasteiger partial charge on any atom is 0.176 e. The lowest BCUT2D eigenvalue weighted by Gasteiger charge is -2.22. The van der Waals surface area contributed by atoms with Crippen LogP contribution in [0.25, 0.3) is 0 Å². The molecule has 0 aromatic heterocycles. The average Bonchev–Trinajstić information content (AvgIpc) is 2.35. The van der Waals surface area contributed by atoms with Crippen LogP contribution in [0.4, 0.5) is 0 Å². The number of Topliss-reactive ketones (excluding diaryl/α,β-unsaturated/α-hetero) is 1. The van der Waals surface area contributed by atoms with E-state index in [0.717, 1.165) is 38.8 Å². The molecule has 0 saturated heterocycles. The van der Waals surface area contributed by atoms with Crippen LogP contribution in [0.3, 0.4) is 0 Å². The molecule has 1 N–H and O–H groups in total. The van der Waals surface area contributed by atoms with Crippen molar-refractivity contribution in [1.82, 2.24) is 10.2 Å². The van der Waals surface area contributed by atoms with Crippen molar-refractivity contribution in [3.63, 3.8) is 0 Å². The highest BCUT2D eigenvalue weighted by Crippen LogP contribution is 2.25. The van der Waals surface area contributed by atoms with Crippen molar-refractivity contribution in [2.24, 2.45) is 5.41 Å². The molecule has 0 bridgehead atoms. The molecule has 0 atom stereocenters. The van der Waals surface area contributed by atoms with Gasteiger partial charge >= 0.3 is 0 Å². The maximum absolute atomic E-state index is 11.8. The minimum absolute atomic E-state index is 0.0740. The minimum Gasteiger partial charge on any atom is -0.382 e. The minimum atomic E-state index is -0.322. The van der Waals surface area contributed by atoms with Crippen LogP contribution in [-0.4, -0.2) is 43.7 Å². The second-order valence-electron chi connectivity index (χ2n) is 6.65. The number of rotatable bonds is 10. The zero-order valence-corrected chi connectivity index (χ0v) is 14.6. The standard InChI is InChI=1S/C17H32N2O2/c1-7-11-19(6)12-9-8-10-18-16(14(2)21)15(13-20)17(3,4)5/h13,18H,7-12H2,1-6H3/b16-15-. The predicted molar refractivity (Wildman–Crippen MR) is 88.3 cm³/mol. The summed E-state index contributed by atoms with van der Waals surface area (Å²) in [6.45, 7) is 12.4. The van der Waals surface area contributed by atoms with E-state index in [0.29, 0.717) is 11.3 Å². The highest BCUT2D eigenvalue weighted by molar-refractivity contribution is 5.98. The molecule has 0 heterocycles. The number of ketones is 1. The molecule has 0 amide bonds. The highest BCUT2D eigenvalue weighted by atomic mass is 16.1. The summed E-state index contributed by atoms with van der Waals surface area (Å²) in [5, 5.41) is 3.16. The molecule has 4 nitrogen and oxygen atoms in total. The lowest BCUT2D eigenvalue weighted by Crippen LogP contribution is -2.27. The third kappa shape index (κ3) is 8.00. The Morgan fingerprint density at radius 2 is 1.81 bits per heavy atom. The average molecular weight is 296 g/mol. The Morgan fingerprint density at radius 3 is 2.24 bits per heavy atom. The summed E-state index contributed by atoms with van der Waals surface area (Å²) in [6, 6.07) is 0. The van der Waals surface area contributed by atoms with Crippen LogP contribution in [0, 0.1) is 5.41 Å². The Bertz CT molecular complexity index is 367. The molecule has 0 aliphatic carbocycles. The van der Waals surface area contributed by atoms with Gasteiger partial charge in [-0.05, 0) is 44.8 Å². The van der Waals surface area contributed by atoms with Gasteiger partial charge in [-0.1, -0.05) is 27.7 Å². The molecule has 0 aromatic carbocycles. The van der Waals surface area contributed by atoms with Crippen molar-refractivity contribution in [3.8, 4) is 0 Å². The zero-order valence-electron chi connectivity index (χ0n) is 14.6. The third-order valence-corrected chi connectivity index (χ3v) is 3.42. The largest absolute Gasteiger partial charge is 0.382 e. The van der Waals surface area contributed by atoms with Gasteiger partial charge in [-0.25, -0.2) is 0 Å². The topological polar surface area (TPSA) is 49.4 Å². The molecule has 0 aromatic rings. The quantitative estimate of drug-likeness (QED) is 0.382. The fourth-order valence-electron chi connectivity index (χ4n) is 2.23. The molecule has 0 radical (unpaired) electrons. The first kappa shape index (κ1) is 19.8. The van der Waals surface area contributed by atoms with Crippen LogP contribution in [0.2, 0.25) is 0 Å². The van der Waals surface area contributed by atoms with E-state index in [1.54, 1.807) is 0 Å². The number of carbonyl (C=O) groups is 2. The number of hydrogen-bond donors (Lipinski definition) is 1. The molecule has 0 saturated carbocycles. The Balaban J connectivity index is 4.46. The van der Waals surface area contributed by atoms with Crippen LogP contribution in [0.1, 0.15) is 53.9 Å². The van der Waals surface area contributed by atoms with E-state index in [9.17, 15) is 9.59 Å². The molecular weight excluding hydrogens is 264 g/mol. The molecule has 0 fully saturated rings. The van der Waals surface area contributed by atoms with E-state index >= 15 is 0 Å². The van der Waals surface area contributed by atoms with Crippen molar-refractivity contribution in [2.45, 2.75) is 53.9 Å². The molecule has 122 valence electrons. The summed E-state index contributed by atoms with van der Waals surface area (Å²) >= 11 is 0. The predicted octanol–water partition coefficient (Wildman–Crippen LogP) is 2.79. The Morgan fingerprint density at radius 1 is 1.19 bits per heavy atom. The van der Waals surface area contributed by atoms with Crippen LogP contribution in [-0.2, 0) is 9.59 Å². The van der Waals surface area contributed by atoms with E-state index in [2.05, 4.69) is 24.2 Å². The Labute approximate surface area is 130 Å². The van der Waals surface area contributed by atoms with Crippen LogP contribution >= 0.6 is 0 Å². The second-order valence-corrected chi connectivity index (χ2v) is 6.65. The second kappa shape index (κ2) is 9.72. The van der Waals surface area contributed by atoms with Crippen molar-refractivity contribution in [1.29, 1.82) is 0 Å². The SMILES string of the molecule is CCCN(C)CCCCN/C(C(C)=O)=C(/C=O)C(C)(C)C. The third-order valence-electron chi connectivity index (χ3n) is 3.42. The highest BCUT2D eigenvalue weighted by Gasteiger charge is 2.22. The number of aldehydes is 1. The van der Waals surface area contributed by atoms with E-state index < -0.39 is 0 Å². The number of carbonyl (C=O) groups excluding carboxylic acids is 2. The van der Waals surface area contributed by atoms with Crippen molar-refractivity contribution >= 4 is 12.1 Å². The smallest absolute Gasteiger partial charge is 0.176 e. The Hall–Kier alpha value is -1.16. The van der Waals surface area contributed by atoms with Gasteiger partial charge in [0.2, 0.25) is 0 Å².